The molecule has 27 heavy (non-hydrogen) atoms. The molecule has 142 valence electrons. The quantitative estimate of drug-likeness (QED) is 0.834. The molecule has 4 rings (SSSR count). The number of hydrogen-bond acceptors (Lipinski definition) is 3. The second-order valence-corrected chi connectivity index (χ2v) is 7.31. The van der Waals surface area contributed by atoms with Crippen LogP contribution in [0, 0.1) is 5.82 Å². The largest absolute Gasteiger partial charge is 0.496 e. The molecule has 0 bridgehead atoms. The van der Waals surface area contributed by atoms with E-state index in [1.165, 1.54) is 24.3 Å². The van der Waals surface area contributed by atoms with Gasteiger partial charge in [-0.3, -0.25) is 9.69 Å². The van der Waals surface area contributed by atoms with Crippen LogP contribution in [0.25, 0.3) is 0 Å². The molecule has 2 aliphatic rings. The standard InChI is InChI=1S/C22H25FN2O2/c1-27-20-8-4-7-19(23)21(20)22(26)25-13-11-24(12-14-25)18-10-9-16-5-2-3-6-17(16)15-18/h2-8,18H,9-15H2,1H3/t18-/m1/s1. The van der Waals surface area contributed by atoms with Gasteiger partial charge in [-0.25, -0.2) is 4.39 Å². The zero-order valence-corrected chi connectivity index (χ0v) is 15.7. The first-order chi connectivity index (χ1) is 13.2. The van der Waals surface area contributed by atoms with Gasteiger partial charge in [-0.1, -0.05) is 30.3 Å². The maximum atomic E-state index is 14.2. The predicted molar refractivity (Wildman–Crippen MR) is 103 cm³/mol. The van der Waals surface area contributed by atoms with E-state index in [9.17, 15) is 9.18 Å². The summed E-state index contributed by atoms with van der Waals surface area (Å²) in [4.78, 5) is 17.1. The van der Waals surface area contributed by atoms with Gasteiger partial charge in [-0.2, -0.15) is 0 Å². The fourth-order valence-corrected chi connectivity index (χ4v) is 4.32. The third kappa shape index (κ3) is 3.56. The number of hydrogen-bond donors (Lipinski definition) is 0. The van der Waals surface area contributed by atoms with E-state index in [1.54, 1.807) is 17.0 Å². The Morgan fingerprint density at radius 2 is 1.78 bits per heavy atom. The van der Waals surface area contributed by atoms with Crippen LogP contribution in [0.1, 0.15) is 27.9 Å². The molecule has 1 heterocycles. The summed E-state index contributed by atoms with van der Waals surface area (Å²) >= 11 is 0. The summed E-state index contributed by atoms with van der Waals surface area (Å²) in [5.74, 6) is -0.504. The van der Waals surface area contributed by atoms with Crippen molar-refractivity contribution in [2.75, 3.05) is 33.3 Å². The molecular weight excluding hydrogens is 343 g/mol. The Labute approximate surface area is 159 Å². The van der Waals surface area contributed by atoms with Crippen LogP contribution < -0.4 is 4.74 Å². The summed E-state index contributed by atoms with van der Waals surface area (Å²) in [7, 11) is 1.46. The molecule has 5 heteroatoms. The molecule has 2 aromatic rings. The lowest BCUT2D eigenvalue weighted by Gasteiger charge is -2.41. The van der Waals surface area contributed by atoms with Crippen molar-refractivity contribution < 1.29 is 13.9 Å². The first-order valence-electron chi connectivity index (χ1n) is 9.60. The number of rotatable bonds is 3. The van der Waals surface area contributed by atoms with E-state index in [0.29, 0.717) is 24.9 Å². The third-order valence-electron chi connectivity index (χ3n) is 5.85. The minimum atomic E-state index is -0.523. The summed E-state index contributed by atoms with van der Waals surface area (Å²) in [5, 5.41) is 0. The molecule has 1 amide bonds. The van der Waals surface area contributed by atoms with Crippen molar-refractivity contribution in [2.24, 2.45) is 0 Å². The number of nitrogens with zero attached hydrogens (tertiary/aromatic N) is 2. The lowest BCUT2D eigenvalue weighted by Crippen LogP contribution is -2.53. The van der Waals surface area contributed by atoms with Crippen molar-refractivity contribution in [2.45, 2.75) is 25.3 Å². The highest BCUT2D eigenvalue weighted by molar-refractivity contribution is 5.97. The molecule has 4 nitrogen and oxygen atoms in total. The number of carbonyl (C=O) groups is 1. The summed E-state index contributed by atoms with van der Waals surface area (Å²) in [6.07, 6.45) is 3.35. The van der Waals surface area contributed by atoms with Gasteiger partial charge in [-0.05, 0) is 42.5 Å². The maximum Gasteiger partial charge on any atom is 0.260 e. The third-order valence-corrected chi connectivity index (χ3v) is 5.85. The van der Waals surface area contributed by atoms with Crippen LogP contribution in [0.5, 0.6) is 5.75 Å². The van der Waals surface area contributed by atoms with Gasteiger partial charge in [0.15, 0.2) is 0 Å². The van der Waals surface area contributed by atoms with Crippen molar-refractivity contribution in [3.63, 3.8) is 0 Å². The Morgan fingerprint density at radius 1 is 1.04 bits per heavy atom. The maximum absolute atomic E-state index is 14.2. The zero-order chi connectivity index (χ0) is 18.8. The molecule has 1 aliphatic heterocycles. The average molecular weight is 368 g/mol. The summed E-state index contributed by atoms with van der Waals surface area (Å²) in [6.45, 7) is 2.90. The van der Waals surface area contributed by atoms with Gasteiger partial charge in [0.2, 0.25) is 0 Å². The highest BCUT2D eigenvalue weighted by atomic mass is 19.1. The van der Waals surface area contributed by atoms with Crippen molar-refractivity contribution in [1.82, 2.24) is 9.80 Å². The Morgan fingerprint density at radius 3 is 2.52 bits per heavy atom. The smallest absolute Gasteiger partial charge is 0.260 e. The number of aryl methyl sites for hydroxylation is 1. The molecule has 1 atom stereocenters. The second-order valence-electron chi connectivity index (χ2n) is 7.31. The van der Waals surface area contributed by atoms with Crippen LogP contribution in [-0.4, -0.2) is 55.0 Å². The van der Waals surface area contributed by atoms with Gasteiger partial charge >= 0.3 is 0 Å². The van der Waals surface area contributed by atoms with Crippen LogP contribution >= 0.6 is 0 Å². The average Bonchev–Trinajstić information content (AvgIpc) is 2.73. The SMILES string of the molecule is COc1cccc(F)c1C(=O)N1CCN([C@@H]2CCc3ccccc3C2)CC1. The summed E-state index contributed by atoms with van der Waals surface area (Å²) in [6, 6.07) is 13.7. The van der Waals surface area contributed by atoms with Crippen LogP contribution in [0.15, 0.2) is 42.5 Å². The Balaban J connectivity index is 1.40. The number of carbonyl (C=O) groups excluding carboxylic acids is 1. The lowest BCUT2D eigenvalue weighted by molar-refractivity contribution is 0.0546. The number of ether oxygens (including phenoxy) is 1. The van der Waals surface area contributed by atoms with Crippen molar-refractivity contribution >= 4 is 5.91 Å². The Kier molecular flexibility index (Phi) is 5.12. The number of benzene rings is 2. The monoisotopic (exact) mass is 368 g/mol. The molecule has 1 saturated heterocycles. The zero-order valence-electron chi connectivity index (χ0n) is 15.7. The van der Waals surface area contributed by atoms with Gasteiger partial charge in [0, 0.05) is 32.2 Å². The number of amides is 1. The van der Waals surface area contributed by atoms with Gasteiger partial charge in [0.25, 0.3) is 5.91 Å². The Hall–Kier alpha value is -2.40. The van der Waals surface area contributed by atoms with E-state index in [4.69, 9.17) is 4.74 Å². The number of piperazine rings is 1. The summed E-state index contributed by atoms with van der Waals surface area (Å²) in [5.41, 5.74) is 2.96. The normalized spacial score (nSPS) is 20.2. The van der Waals surface area contributed by atoms with Crippen molar-refractivity contribution in [3.05, 3.63) is 65.0 Å². The molecule has 0 aromatic heterocycles. The minimum Gasteiger partial charge on any atom is -0.496 e. The van der Waals surface area contributed by atoms with E-state index in [1.807, 2.05) is 0 Å². The number of halogens is 1. The Bertz CT molecular complexity index is 831. The molecule has 1 aliphatic carbocycles. The topological polar surface area (TPSA) is 32.8 Å². The fourth-order valence-electron chi connectivity index (χ4n) is 4.32. The predicted octanol–water partition coefficient (Wildman–Crippen LogP) is 3.15. The number of methoxy groups -OCH3 is 1. The summed E-state index contributed by atoms with van der Waals surface area (Å²) < 4.78 is 19.4. The lowest BCUT2D eigenvalue weighted by atomic mass is 9.87. The van der Waals surface area contributed by atoms with E-state index in [-0.39, 0.29) is 11.5 Å². The molecule has 0 radical (unpaired) electrons. The van der Waals surface area contributed by atoms with E-state index < -0.39 is 5.82 Å². The van der Waals surface area contributed by atoms with E-state index >= 15 is 0 Å². The van der Waals surface area contributed by atoms with Crippen LogP contribution in [0.3, 0.4) is 0 Å². The second kappa shape index (κ2) is 7.69. The van der Waals surface area contributed by atoms with Crippen LogP contribution in [0.2, 0.25) is 0 Å². The molecule has 0 N–H and O–H groups in total. The van der Waals surface area contributed by atoms with Gasteiger partial charge in [0.1, 0.15) is 17.1 Å². The van der Waals surface area contributed by atoms with Crippen molar-refractivity contribution in [3.8, 4) is 5.75 Å². The van der Waals surface area contributed by atoms with E-state index in [2.05, 4.69) is 29.2 Å². The molecular formula is C22H25FN2O2. The molecule has 2 aromatic carbocycles. The van der Waals surface area contributed by atoms with Crippen LogP contribution in [0.4, 0.5) is 4.39 Å². The van der Waals surface area contributed by atoms with Gasteiger partial charge < -0.3 is 9.64 Å². The first-order valence-corrected chi connectivity index (χ1v) is 9.60. The minimum absolute atomic E-state index is 0.0417. The highest BCUT2D eigenvalue weighted by Crippen LogP contribution is 2.27. The molecule has 0 spiro atoms. The molecule has 1 fully saturated rings. The van der Waals surface area contributed by atoms with Crippen LogP contribution in [-0.2, 0) is 12.8 Å². The van der Waals surface area contributed by atoms with Crippen molar-refractivity contribution in [1.29, 1.82) is 0 Å². The first kappa shape index (κ1) is 18.0. The molecule has 0 unspecified atom stereocenters. The van der Waals surface area contributed by atoms with Gasteiger partial charge in [-0.15, -0.1) is 0 Å². The van der Waals surface area contributed by atoms with E-state index in [0.717, 1.165) is 32.4 Å². The number of fused-ring (bicyclic) bond motifs is 1. The van der Waals surface area contributed by atoms with Gasteiger partial charge in [0.05, 0.1) is 7.11 Å². The fraction of sp³-hybridized carbons (Fsp3) is 0.409. The highest BCUT2D eigenvalue weighted by Gasteiger charge is 2.30. The molecule has 0 saturated carbocycles.